The normalized spacial score (nSPS) is 22.6. The van der Waals surface area contributed by atoms with Crippen LogP contribution >= 0.6 is 0 Å². The third kappa shape index (κ3) is 19.1. The lowest BCUT2D eigenvalue weighted by atomic mass is 9.99. The fourth-order valence-corrected chi connectivity index (χ4v) is 9.80. The predicted octanol–water partition coefficient (Wildman–Crippen LogP) is 6.89. The molecule has 0 spiro atoms. The molecule has 21 nitrogen and oxygen atoms in total. The van der Waals surface area contributed by atoms with Gasteiger partial charge in [-0.15, -0.1) is 5.10 Å². The molecule has 84 heavy (non-hydrogen) atoms. The highest BCUT2D eigenvalue weighted by Gasteiger charge is 2.43. The van der Waals surface area contributed by atoms with Crippen LogP contribution in [0.5, 0.6) is 11.5 Å². The van der Waals surface area contributed by atoms with Crippen LogP contribution < -0.4 is 9.47 Å². The summed E-state index contributed by atoms with van der Waals surface area (Å²) in [6, 6.07) is 18.1. The van der Waals surface area contributed by atoms with Gasteiger partial charge in [-0.05, 0) is 104 Å². The van der Waals surface area contributed by atoms with E-state index in [0.717, 1.165) is 25.2 Å². The first-order valence-corrected chi connectivity index (χ1v) is 28.8. The Morgan fingerprint density at radius 2 is 0.821 bits per heavy atom. The summed E-state index contributed by atoms with van der Waals surface area (Å²) < 4.78 is 36.8. The Bertz CT molecular complexity index is 2820. The lowest BCUT2D eigenvalue weighted by Gasteiger charge is -2.35. The van der Waals surface area contributed by atoms with Gasteiger partial charge in [0.25, 0.3) is 23.6 Å². The number of likely N-dealkylation sites (N-methyl/N-ethyl adjacent to an activating group) is 4. The summed E-state index contributed by atoms with van der Waals surface area (Å²) >= 11 is 0. The zero-order chi connectivity index (χ0) is 62.1. The topological polar surface area (TPSA) is 236 Å². The van der Waals surface area contributed by atoms with Gasteiger partial charge >= 0.3 is 23.9 Å². The van der Waals surface area contributed by atoms with E-state index in [1.165, 1.54) is 42.0 Å². The molecule has 1 saturated heterocycles. The zero-order valence-corrected chi connectivity index (χ0v) is 51.5. The van der Waals surface area contributed by atoms with Crippen LogP contribution in [0.4, 0.5) is 0 Å². The van der Waals surface area contributed by atoms with Crippen LogP contribution in [0.15, 0.2) is 85.1 Å². The number of rotatable bonds is 18. The number of nitrogens with zero attached hydrogens (tertiary/aromatic N) is 7. The molecule has 1 aliphatic heterocycles. The van der Waals surface area contributed by atoms with E-state index in [2.05, 4.69) is 10.3 Å². The molecule has 0 bridgehead atoms. The monoisotopic (exact) mass is 1170 g/mol. The Labute approximate surface area is 494 Å². The summed E-state index contributed by atoms with van der Waals surface area (Å²) in [7, 11) is 7.13. The van der Waals surface area contributed by atoms with Crippen LogP contribution in [0.3, 0.4) is 0 Å². The Kier molecular flexibility index (Phi) is 24.8. The van der Waals surface area contributed by atoms with Gasteiger partial charge in [-0.1, -0.05) is 115 Å². The van der Waals surface area contributed by atoms with Crippen molar-refractivity contribution in [2.24, 2.45) is 23.7 Å². The van der Waals surface area contributed by atoms with Crippen molar-refractivity contribution >= 4 is 47.5 Å². The van der Waals surface area contributed by atoms with Gasteiger partial charge in [0.15, 0.2) is 24.4 Å². The van der Waals surface area contributed by atoms with E-state index in [1.807, 2.05) is 67.5 Å². The van der Waals surface area contributed by atoms with Gasteiger partial charge in [0, 0.05) is 41.0 Å². The van der Waals surface area contributed by atoms with Crippen LogP contribution in [0.25, 0.3) is 0 Å². The highest BCUT2D eigenvalue weighted by molar-refractivity contribution is 5.94. The summed E-state index contributed by atoms with van der Waals surface area (Å²) in [6.45, 7) is 18.0. The minimum Gasteiger partial charge on any atom is -0.497 e. The predicted molar refractivity (Wildman–Crippen MR) is 312 cm³/mol. The first kappa shape index (κ1) is 67.0. The summed E-state index contributed by atoms with van der Waals surface area (Å²) in [4.78, 5) is 121. The Morgan fingerprint density at radius 3 is 1.21 bits per heavy atom. The van der Waals surface area contributed by atoms with E-state index in [9.17, 15) is 33.6 Å². The molecule has 21 heteroatoms. The van der Waals surface area contributed by atoms with Gasteiger partial charge < -0.3 is 48.0 Å². The number of methoxy groups -OCH3 is 1. The maximum Gasteiger partial charge on any atom is 0.329 e. The fourth-order valence-electron chi connectivity index (χ4n) is 9.80. The van der Waals surface area contributed by atoms with E-state index in [1.54, 1.807) is 84.7 Å². The van der Waals surface area contributed by atoms with Gasteiger partial charge in [0.1, 0.15) is 48.0 Å². The second kappa shape index (κ2) is 31.2. The molecule has 3 aromatic carbocycles. The second-order valence-electron chi connectivity index (χ2n) is 23.5. The quantitative estimate of drug-likeness (QED) is 0.0728. The van der Waals surface area contributed by atoms with Crippen molar-refractivity contribution in [1.82, 2.24) is 34.6 Å². The molecular formula is C63H87N7O14. The number of carbonyl (C=O) groups excluding carboxylic acids is 8. The largest absolute Gasteiger partial charge is 0.497 e. The summed E-state index contributed by atoms with van der Waals surface area (Å²) in [5.41, 5.74) is 2.64. The number of carbonyl (C=O) groups is 8. The average molecular weight is 1170 g/mol. The second-order valence-corrected chi connectivity index (χ2v) is 23.5. The molecule has 0 radical (unpaired) electrons. The number of amides is 4. The van der Waals surface area contributed by atoms with Crippen molar-refractivity contribution in [3.63, 3.8) is 0 Å². The third-order valence-electron chi connectivity index (χ3n) is 14.6. The number of hydrogen-bond donors (Lipinski definition) is 0. The van der Waals surface area contributed by atoms with Gasteiger partial charge in [-0.25, -0.2) is 23.9 Å². The molecule has 1 aliphatic rings. The molecule has 0 N–H and O–H groups in total. The number of hydrogen-bond acceptors (Lipinski definition) is 16. The maximum absolute atomic E-state index is 15.1. The van der Waals surface area contributed by atoms with Crippen LogP contribution in [0.2, 0.25) is 0 Å². The number of cyclic esters (lactones) is 4. The van der Waals surface area contributed by atoms with E-state index in [-0.39, 0.29) is 68.8 Å². The molecule has 4 amide bonds. The minimum atomic E-state index is -1.57. The number of esters is 4. The van der Waals surface area contributed by atoms with Gasteiger partial charge in [0.2, 0.25) is 0 Å². The van der Waals surface area contributed by atoms with Crippen molar-refractivity contribution in [2.75, 3.05) is 35.3 Å². The van der Waals surface area contributed by atoms with Gasteiger partial charge in [0.05, 0.1) is 19.9 Å². The van der Waals surface area contributed by atoms with Crippen molar-refractivity contribution < 1.29 is 66.8 Å². The zero-order valence-electron chi connectivity index (χ0n) is 51.5. The summed E-state index contributed by atoms with van der Waals surface area (Å²) in [5, 5.41) is 8.50. The summed E-state index contributed by atoms with van der Waals surface area (Å²) in [5.74, 6) is -6.14. The molecular weight excluding hydrogens is 1080 g/mol. The standard InChI is InChI=1S/C63H87N7O14/c1-38(2)29-50-60(75)81-43(10)57(72)67(12)53(32-41(7)8)63(78)84-55(34-45-21-23-46(24-22-45)35-70-36-47(64-65-70)37-80-49-27-25-48(79-15)26-28-49)59(74)69(14)51(30-39(3)4)61(76)82-42(9)56(71)66(11)52(31-40(5)6)62(77)83-54(58(73)68(50)13)33-44-19-17-16-18-20-44/h16-28,36,38-43,50-55H,29-35,37H2,1-15H3/t42-,43-,50+,51+,52+,53+,54-,55-/m1/s1. The first-order valence-electron chi connectivity index (χ1n) is 28.8. The van der Waals surface area contributed by atoms with Crippen molar-refractivity contribution in [3.05, 3.63) is 107 Å². The maximum atomic E-state index is 15.1. The Balaban J connectivity index is 1.53. The lowest BCUT2D eigenvalue weighted by Crippen LogP contribution is -2.55. The van der Waals surface area contributed by atoms with Crippen molar-refractivity contribution in [1.29, 1.82) is 0 Å². The minimum absolute atomic E-state index is 0.0697. The highest BCUT2D eigenvalue weighted by Crippen LogP contribution is 2.25. The molecule has 0 aliphatic carbocycles. The molecule has 0 unspecified atom stereocenters. The Morgan fingerprint density at radius 1 is 0.464 bits per heavy atom. The number of aromatic nitrogens is 3. The first-order chi connectivity index (χ1) is 39.7. The van der Waals surface area contributed by atoms with Gasteiger partial charge in [-0.2, -0.15) is 0 Å². The fraction of sp³-hybridized carbons (Fsp3) is 0.556. The van der Waals surface area contributed by atoms with Crippen LogP contribution in [-0.4, -0.2) is 166 Å². The van der Waals surface area contributed by atoms with Gasteiger partial charge in [-0.3, -0.25) is 19.2 Å². The van der Waals surface area contributed by atoms with Crippen LogP contribution in [0, 0.1) is 23.7 Å². The van der Waals surface area contributed by atoms with Crippen LogP contribution in [0.1, 0.15) is 117 Å². The van der Waals surface area contributed by atoms with Crippen molar-refractivity contribution in [3.8, 4) is 11.5 Å². The molecule has 8 atom stereocenters. The van der Waals surface area contributed by atoms with Crippen molar-refractivity contribution in [2.45, 2.75) is 169 Å². The van der Waals surface area contributed by atoms with E-state index in [4.69, 9.17) is 28.4 Å². The smallest absolute Gasteiger partial charge is 0.329 e. The third-order valence-corrected chi connectivity index (χ3v) is 14.6. The van der Waals surface area contributed by atoms with E-state index >= 15 is 4.79 Å². The molecule has 2 heterocycles. The molecule has 458 valence electrons. The SMILES string of the molecule is COc1ccc(OCc2cn(Cc3ccc(C[C@H]4OC(=O)[C@H](CC(C)C)N(C)C(=O)[C@@H](C)OC(=O)[C@H](CC(C)C)N(C)C(=O)[C@@H](Cc5ccccc5)OC(=O)[C@H](CC(C)C)N(C)C(=O)[C@@H](C)OC(=O)[C@H](CC(C)C)N(C)C4=O)cc3)nn2)cc1. The summed E-state index contributed by atoms with van der Waals surface area (Å²) in [6.07, 6.45) is -4.22. The van der Waals surface area contributed by atoms with E-state index in [0.29, 0.717) is 34.9 Å². The number of benzene rings is 3. The molecule has 1 aromatic heterocycles. The highest BCUT2D eigenvalue weighted by atomic mass is 16.6. The molecule has 0 saturated carbocycles. The molecule has 4 aromatic rings. The van der Waals surface area contributed by atoms with Crippen LogP contribution in [-0.2, 0) is 83.3 Å². The molecule has 5 rings (SSSR count). The van der Waals surface area contributed by atoms with E-state index < -0.39 is 96.1 Å². The molecule has 1 fully saturated rings. The Hall–Kier alpha value is -7.84. The average Bonchev–Trinajstić information content (AvgIpc) is 4.08. The lowest BCUT2D eigenvalue weighted by molar-refractivity contribution is -0.176. The number of ether oxygens (including phenoxy) is 6.